The van der Waals surface area contributed by atoms with E-state index in [0.717, 1.165) is 0 Å². The summed E-state index contributed by atoms with van der Waals surface area (Å²) in [6.07, 6.45) is 5.93. The molecule has 2 aromatic carbocycles. The van der Waals surface area contributed by atoms with Crippen LogP contribution < -0.4 is 10.4 Å². The van der Waals surface area contributed by atoms with Crippen molar-refractivity contribution >= 4 is 22.9 Å². The van der Waals surface area contributed by atoms with E-state index in [9.17, 15) is 0 Å². The van der Waals surface area contributed by atoms with Gasteiger partial charge in [-0.05, 0) is 33.5 Å². The first-order valence-electron chi connectivity index (χ1n) is 5.54. The van der Waals surface area contributed by atoms with Crippen LogP contribution in [0.3, 0.4) is 0 Å². The van der Waals surface area contributed by atoms with Crippen molar-refractivity contribution < 1.29 is 0 Å². The van der Waals surface area contributed by atoms with Crippen LogP contribution >= 0.6 is 0 Å². The summed E-state index contributed by atoms with van der Waals surface area (Å²) in [6.45, 7) is 2.28. The predicted molar refractivity (Wildman–Crippen MR) is 65.9 cm³/mol. The molecule has 1 unspecified atom stereocenters. The average molecular weight is 194 g/mol. The summed E-state index contributed by atoms with van der Waals surface area (Å²) >= 11 is 0. The van der Waals surface area contributed by atoms with Gasteiger partial charge in [0.05, 0.1) is 0 Å². The third-order valence-corrected chi connectivity index (χ3v) is 3.17. The molecule has 2 aromatic rings. The lowest BCUT2D eigenvalue weighted by Crippen LogP contribution is -2.28. The van der Waals surface area contributed by atoms with E-state index in [1.54, 1.807) is 0 Å². The maximum absolute atomic E-state index is 2.40. The van der Waals surface area contributed by atoms with Crippen LogP contribution in [0.5, 0.6) is 0 Å². The first-order valence-corrected chi connectivity index (χ1v) is 5.54. The second-order valence-electron chi connectivity index (χ2n) is 4.37. The molecule has 0 nitrogen and oxygen atoms in total. The second-order valence-corrected chi connectivity index (χ2v) is 4.37. The minimum Gasteiger partial charge on any atom is -0.0761 e. The molecule has 74 valence electrons. The van der Waals surface area contributed by atoms with E-state index in [1.165, 1.54) is 27.6 Å². The van der Waals surface area contributed by atoms with E-state index in [2.05, 4.69) is 55.5 Å². The summed E-state index contributed by atoms with van der Waals surface area (Å²) < 4.78 is 0. The first kappa shape index (κ1) is 8.72. The zero-order chi connectivity index (χ0) is 10.3. The van der Waals surface area contributed by atoms with Crippen LogP contribution in [-0.2, 0) is 0 Å². The number of hydrogen-bond acceptors (Lipinski definition) is 0. The fourth-order valence-corrected chi connectivity index (χ4v) is 2.34. The minimum atomic E-state index is 0.670. The lowest BCUT2D eigenvalue weighted by atomic mass is 9.96. The van der Waals surface area contributed by atoms with Crippen molar-refractivity contribution in [1.82, 2.24) is 0 Å². The fourth-order valence-electron chi connectivity index (χ4n) is 2.34. The topological polar surface area (TPSA) is 0 Å². The van der Waals surface area contributed by atoms with Gasteiger partial charge in [-0.15, -0.1) is 0 Å². The van der Waals surface area contributed by atoms with Crippen molar-refractivity contribution in [2.45, 2.75) is 13.3 Å². The van der Waals surface area contributed by atoms with Crippen LogP contribution in [-0.4, -0.2) is 0 Å². The zero-order valence-electron chi connectivity index (χ0n) is 8.90. The Hall–Kier alpha value is -1.56. The first-order chi connectivity index (χ1) is 7.34. The van der Waals surface area contributed by atoms with E-state index in [1.807, 2.05) is 0 Å². The third-order valence-electron chi connectivity index (χ3n) is 3.17. The van der Waals surface area contributed by atoms with Crippen molar-refractivity contribution in [2.24, 2.45) is 5.92 Å². The molecular weight excluding hydrogens is 180 g/mol. The molecule has 0 fully saturated rings. The van der Waals surface area contributed by atoms with Crippen LogP contribution in [0.2, 0.25) is 0 Å². The number of rotatable bonds is 0. The van der Waals surface area contributed by atoms with Crippen LogP contribution in [0.1, 0.15) is 13.3 Å². The van der Waals surface area contributed by atoms with Crippen molar-refractivity contribution in [2.75, 3.05) is 0 Å². The molecular formula is C15H14. The van der Waals surface area contributed by atoms with Crippen molar-refractivity contribution in [3.05, 3.63) is 46.8 Å². The molecule has 0 aliphatic heterocycles. The SMILES string of the molecule is CC1C=c2c(ccc3ccccc23)=CC1. The zero-order valence-corrected chi connectivity index (χ0v) is 8.90. The van der Waals surface area contributed by atoms with Gasteiger partial charge >= 0.3 is 0 Å². The summed E-state index contributed by atoms with van der Waals surface area (Å²) in [5, 5.41) is 5.55. The van der Waals surface area contributed by atoms with Gasteiger partial charge in [-0.3, -0.25) is 0 Å². The number of fused-ring (bicyclic) bond motifs is 3. The molecule has 1 atom stereocenters. The minimum absolute atomic E-state index is 0.670. The summed E-state index contributed by atoms with van der Waals surface area (Å²) in [5.41, 5.74) is 0. The second kappa shape index (κ2) is 3.23. The van der Waals surface area contributed by atoms with Crippen LogP contribution in [0.4, 0.5) is 0 Å². The fraction of sp³-hybridized carbons (Fsp3) is 0.200. The standard InChI is InChI=1S/C15H14/c1-11-6-7-13-9-8-12-4-2-3-5-14(12)15(13)10-11/h2-5,7-11H,6H2,1H3. The largest absolute Gasteiger partial charge is 0.0761 e. The highest BCUT2D eigenvalue weighted by Gasteiger charge is 2.03. The molecule has 15 heavy (non-hydrogen) atoms. The Bertz CT molecular complexity index is 620. The molecule has 3 rings (SSSR count). The van der Waals surface area contributed by atoms with Gasteiger partial charge in [-0.1, -0.05) is 55.5 Å². The Morgan fingerprint density at radius 1 is 1.07 bits per heavy atom. The molecule has 0 N–H and O–H groups in total. The molecule has 0 radical (unpaired) electrons. The molecule has 0 heterocycles. The maximum Gasteiger partial charge on any atom is -0.0109 e. The van der Waals surface area contributed by atoms with Gasteiger partial charge in [-0.2, -0.15) is 0 Å². The predicted octanol–water partition coefficient (Wildman–Crippen LogP) is 2.44. The van der Waals surface area contributed by atoms with Crippen LogP contribution in [0.25, 0.3) is 22.9 Å². The highest BCUT2D eigenvalue weighted by atomic mass is 14.1. The normalized spacial score (nSPS) is 19.1. The summed E-state index contributed by atoms with van der Waals surface area (Å²) in [4.78, 5) is 0. The molecule has 0 aromatic heterocycles. The van der Waals surface area contributed by atoms with Gasteiger partial charge in [0.1, 0.15) is 0 Å². The quantitative estimate of drug-likeness (QED) is 0.604. The Labute approximate surface area is 89.6 Å². The van der Waals surface area contributed by atoms with Crippen LogP contribution in [0.15, 0.2) is 36.4 Å². The van der Waals surface area contributed by atoms with Gasteiger partial charge in [0.25, 0.3) is 0 Å². The molecule has 0 saturated heterocycles. The van der Waals surface area contributed by atoms with Crippen molar-refractivity contribution in [1.29, 1.82) is 0 Å². The summed E-state index contributed by atoms with van der Waals surface area (Å²) in [5.74, 6) is 0.670. The van der Waals surface area contributed by atoms with Crippen molar-refractivity contribution in [3.63, 3.8) is 0 Å². The Morgan fingerprint density at radius 2 is 1.93 bits per heavy atom. The molecule has 0 bridgehead atoms. The van der Waals surface area contributed by atoms with E-state index < -0.39 is 0 Å². The van der Waals surface area contributed by atoms with Gasteiger partial charge in [0.15, 0.2) is 0 Å². The van der Waals surface area contributed by atoms with E-state index >= 15 is 0 Å². The van der Waals surface area contributed by atoms with Gasteiger partial charge < -0.3 is 0 Å². The maximum atomic E-state index is 2.40. The Kier molecular flexibility index (Phi) is 1.88. The molecule has 1 aliphatic rings. The van der Waals surface area contributed by atoms with Crippen molar-refractivity contribution in [3.8, 4) is 0 Å². The third kappa shape index (κ3) is 1.37. The molecule has 1 aliphatic carbocycles. The summed E-state index contributed by atoms with van der Waals surface area (Å²) in [6, 6.07) is 13.1. The lowest BCUT2D eigenvalue weighted by molar-refractivity contribution is 0.801. The van der Waals surface area contributed by atoms with Gasteiger partial charge in [-0.25, -0.2) is 0 Å². The summed E-state index contributed by atoms with van der Waals surface area (Å²) in [7, 11) is 0. The molecule has 0 amide bonds. The highest BCUT2D eigenvalue weighted by Crippen LogP contribution is 2.11. The monoisotopic (exact) mass is 194 g/mol. The van der Waals surface area contributed by atoms with E-state index in [4.69, 9.17) is 0 Å². The smallest absolute Gasteiger partial charge is 0.0109 e. The van der Waals surface area contributed by atoms with Crippen LogP contribution in [0, 0.1) is 5.92 Å². The Morgan fingerprint density at radius 3 is 2.87 bits per heavy atom. The Balaban J connectivity index is 2.53. The molecule has 0 saturated carbocycles. The number of hydrogen-bond donors (Lipinski definition) is 0. The van der Waals surface area contributed by atoms with Gasteiger partial charge in [0.2, 0.25) is 0 Å². The highest BCUT2D eigenvalue weighted by molar-refractivity contribution is 5.84. The lowest BCUT2D eigenvalue weighted by Gasteiger charge is -2.09. The van der Waals surface area contributed by atoms with Gasteiger partial charge in [0, 0.05) is 0 Å². The molecule has 0 spiro atoms. The van der Waals surface area contributed by atoms with E-state index in [0.29, 0.717) is 5.92 Å². The average Bonchev–Trinajstić information content (AvgIpc) is 2.29. The number of benzene rings is 2. The molecule has 0 heteroatoms. The van der Waals surface area contributed by atoms with E-state index in [-0.39, 0.29) is 0 Å².